The number of halogens is 1. The van der Waals surface area contributed by atoms with Gasteiger partial charge in [0.15, 0.2) is 5.82 Å². The molecule has 0 amide bonds. The average Bonchev–Trinajstić information content (AvgIpc) is 3.57. The maximum atomic E-state index is 15.9. The number of fused-ring (bicyclic) bond motifs is 1. The first-order valence-electron chi connectivity index (χ1n) is 18.3. The number of anilines is 2. The van der Waals surface area contributed by atoms with Crippen LogP contribution in [0.25, 0.3) is 33.9 Å². The smallest absolute Gasteiger partial charge is 0.320 e. The molecule has 4 heterocycles. The molecule has 0 radical (unpaired) electrons. The zero-order chi connectivity index (χ0) is 37.1. The van der Waals surface area contributed by atoms with Gasteiger partial charge in [-0.1, -0.05) is 48.9 Å². The van der Waals surface area contributed by atoms with Gasteiger partial charge in [-0.25, -0.2) is 9.37 Å². The topological polar surface area (TPSA) is 111 Å². The third-order valence-corrected chi connectivity index (χ3v) is 10.7. The molecular weight excluding hydrogens is 670 g/mol. The van der Waals surface area contributed by atoms with Crippen molar-refractivity contribution in [2.75, 3.05) is 32.1 Å². The summed E-state index contributed by atoms with van der Waals surface area (Å²) < 4.78 is 21.5. The second-order valence-corrected chi connectivity index (χ2v) is 14.2. The summed E-state index contributed by atoms with van der Waals surface area (Å²) in [6, 6.07) is 21.0. The highest BCUT2D eigenvalue weighted by Gasteiger charge is 2.28. The molecule has 5 aromatic rings. The lowest BCUT2D eigenvalue weighted by Crippen LogP contribution is -2.44. The van der Waals surface area contributed by atoms with Crippen molar-refractivity contribution in [2.45, 2.75) is 64.8 Å². The molecule has 2 saturated heterocycles. The molecule has 2 aliphatic heterocycles. The van der Waals surface area contributed by atoms with E-state index >= 15 is 4.39 Å². The number of carboxylic acids is 1. The minimum absolute atomic E-state index is 0.303. The van der Waals surface area contributed by atoms with Crippen LogP contribution < -0.4 is 10.1 Å². The fourth-order valence-corrected chi connectivity index (χ4v) is 7.71. The molecule has 0 aliphatic carbocycles. The van der Waals surface area contributed by atoms with Crippen LogP contribution in [0, 0.1) is 13.8 Å². The Kier molecular flexibility index (Phi) is 10.8. The van der Waals surface area contributed by atoms with E-state index < -0.39 is 12.0 Å². The summed E-state index contributed by atoms with van der Waals surface area (Å²) >= 11 is 0. The van der Waals surface area contributed by atoms with Crippen molar-refractivity contribution >= 4 is 40.3 Å². The summed E-state index contributed by atoms with van der Waals surface area (Å²) in [5.41, 5.74) is 8.76. The van der Waals surface area contributed by atoms with Crippen LogP contribution in [0.5, 0.6) is 5.75 Å². The third kappa shape index (κ3) is 7.95. The van der Waals surface area contributed by atoms with Gasteiger partial charge in [0.05, 0.1) is 13.2 Å². The van der Waals surface area contributed by atoms with Crippen molar-refractivity contribution in [3.8, 4) is 16.9 Å². The predicted octanol–water partition coefficient (Wildman–Crippen LogP) is 8.14. The summed E-state index contributed by atoms with van der Waals surface area (Å²) in [5, 5.41) is 24.1. The number of methoxy groups -OCH3 is 1. The van der Waals surface area contributed by atoms with Crippen LogP contribution >= 0.6 is 0 Å². The number of hydrogen-bond donors (Lipinski definition) is 3. The van der Waals surface area contributed by atoms with Crippen molar-refractivity contribution < 1.29 is 24.1 Å². The van der Waals surface area contributed by atoms with E-state index in [0.717, 1.165) is 87.9 Å². The molecule has 3 N–H and O–H groups in total. The van der Waals surface area contributed by atoms with Crippen molar-refractivity contribution in [2.24, 2.45) is 0 Å². The van der Waals surface area contributed by atoms with E-state index in [1.165, 1.54) is 0 Å². The van der Waals surface area contributed by atoms with Crippen LogP contribution in [0.3, 0.4) is 0 Å². The number of aliphatic hydroxyl groups is 1. The standard InChI is InChI=1S/C43H46FN5O4/c1-27-30(21-37(44)31-13-14-33(40(22-31)53-3)25-48-19-16-34(50)26-48)8-6-9-35(27)36-10-7-11-38(28(36)2)47-42-41-32(15-17-45-42)20-29(23-46-41)24-49-18-5-4-12-39(49)43(51)52/h6-11,13-15,17,20-23,34,39,50H,4-5,12,16,18-19,24-26H2,1-3H3,(H,45,47)(H,51,52)/b37-21-/t34-,39+/m1/s1. The molecule has 274 valence electrons. The van der Waals surface area contributed by atoms with Gasteiger partial charge >= 0.3 is 5.97 Å². The highest BCUT2D eigenvalue weighted by molar-refractivity contribution is 5.91. The van der Waals surface area contributed by atoms with Crippen LogP contribution in [0.4, 0.5) is 15.9 Å². The first-order chi connectivity index (χ1) is 25.7. The fourth-order valence-electron chi connectivity index (χ4n) is 7.71. The monoisotopic (exact) mass is 715 g/mol. The summed E-state index contributed by atoms with van der Waals surface area (Å²) in [5.74, 6) is 0.135. The van der Waals surface area contributed by atoms with E-state index in [0.29, 0.717) is 43.2 Å². The van der Waals surface area contributed by atoms with E-state index in [4.69, 9.17) is 9.72 Å². The number of β-amino-alcohol motifs (C(OH)–C–C–N with tert-alkyl or cyclic N) is 1. The SMILES string of the molecule is COc1cc(/C(F)=C/c2cccc(-c3cccc(Nc4nccc5cc(CN6CCCC[C@H]6C(=O)O)cnc45)c3C)c2C)ccc1CN1CC[C@@H](O)C1. The second-order valence-electron chi connectivity index (χ2n) is 14.2. The van der Waals surface area contributed by atoms with Crippen LogP contribution in [-0.4, -0.2) is 74.8 Å². The van der Waals surface area contributed by atoms with Crippen molar-refractivity contribution in [1.82, 2.24) is 19.8 Å². The van der Waals surface area contributed by atoms with Crippen molar-refractivity contribution in [3.05, 3.63) is 113 Å². The molecule has 2 aliphatic rings. The Morgan fingerprint density at radius 1 is 0.981 bits per heavy atom. The number of benzene rings is 3. The van der Waals surface area contributed by atoms with E-state index in [1.807, 2.05) is 54.4 Å². The minimum atomic E-state index is -0.768. The third-order valence-electron chi connectivity index (χ3n) is 10.7. The van der Waals surface area contributed by atoms with Crippen LogP contribution in [-0.2, 0) is 17.9 Å². The van der Waals surface area contributed by atoms with Gasteiger partial charge in [-0.05, 0) is 103 Å². The number of nitrogens with one attached hydrogen (secondary N) is 1. The molecule has 0 unspecified atom stereocenters. The average molecular weight is 716 g/mol. The van der Waals surface area contributed by atoms with Gasteiger partial charge in [-0.15, -0.1) is 0 Å². The van der Waals surface area contributed by atoms with E-state index in [9.17, 15) is 15.0 Å². The Bertz CT molecular complexity index is 2170. The minimum Gasteiger partial charge on any atom is -0.496 e. The molecule has 2 atom stereocenters. The van der Waals surface area contributed by atoms with Crippen LogP contribution in [0.2, 0.25) is 0 Å². The molecule has 7 rings (SSSR count). The molecule has 53 heavy (non-hydrogen) atoms. The Morgan fingerprint density at radius 3 is 2.57 bits per heavy atom. The number of aliphatic hydroxyl groups excluding tert-OH is 1. The molecule has 2 fully saturated rings. The highest BCUT2D eigenvalue weighted by atomic mass is 19.1. The van der Waals surface area contributed by atoms with E-state index in [1.54, 1.807) is 31.5 Å². The number of carbonyl (C=O) groups is 1. The normalized spacial score (nSPS) is 18.4. The van der Waals surface area contributed by atoms with Crippen LogP contribution in [0.15, 0.2) is 79.1 Å². The fraction of sp³-hybridized carbons (Fsp3) is 0.326. The number of nitrogens with zero attached hydrogens (tertiary/aromatic N) is 4. The number of aromatic nitrogens is 2. The predicted molar refractivity (Wildman–Crippen MR) is 208 cm³/mol. The van der Waals surface area contributed by atoms with E-state index in [-0.39, 0.29) is 11.9 Å². The molecule has 0 bridgehead atoms. The molecular formula is C43H46FN5O4. The lowest BCUT2D eigenvalue weighted by Gasteiger charge is -2.32. The van der Waals surface area contributed by atoms with Gasteiger partial charge in [0, 0.05) is 60.8 Å². The number of rotatable bonds is 11. The second kappa shape index (κ2) is 15.8. The lowest BCUT2D eigenvalue weighted by atomic mass is 9.92. The zero-order valence-corrected chi connectivity index (χ0v) is 30.5. The summed E-state index contributed by atoms with van der Waals surface area (Å²) in [4.78, 5) is 25.5. The lowest BCUT2D eigenvalue weighted by molar-refractivity contribution is -0.144. The molecule has 0 saturated carbocycles. The Balaban J connectivity index is 1.11. The van der Waals surface area contributed by atoms with Gasteiger partial charge in [-0.3, -0.25) is 19.6 Å². The molecule has 2 aromatic heterocycles. The van der Waals surface area contributed by atoms with Gasteiger partial charge in [0.25, 0.3) is 0 Å². The van der Waals surface area contributed by atoms with E-state index in [2.05, 4.69) is 40.3 Å². The van der Waals surface area contributed by atoms with Gasteiger partial charge in [0.1, 0.15) is 23.1 Å². The van der Waals surface area contributed by atoms with Gasteiger partial charge < -0.3 is 20.3 Å². The van der Waals surface area contributed by atoms with Crippen molar-refractivity contribution in [1.29, 1.82) is 0 Å². The first-order valence-corrected chi connectivity index (χ1v) is 18.3. The largest absolute Gasteiger partial charge is 0.496 e. The number of ether oxygens (including phenoxy) is 1. The van der Waals surface area contributed by atoms with Gasteiger partial charge in [0.2, 0.25) is 0 Å². The number of likely N-dealkylation sites (tertiary alicyclic amines) is 2. The molecule has 10 heteroatoms. The summed E-state index contributed by atoms with van der Waals surface area (Å²) in [7, 11) is 1.60. The van der Waals surface area contributed by atoms with Crippen molar-refractivity contribution in [3.63, 3.8) is 0 Å². The summed E-state index contributed by atoms with van der Waals surface area (Å²) in [6.45, 7) is 7.47. The number of piperidine rings is 1. The summed E-state index contributed by atoms with van der Waals surface area (Å²) in [6.07, 6.45) is 8.21. The van der Waals surface area contributed by atoms with Crippen LogP contribution in [0.1, 0.15) is 59.1 Å². The Labute approximate surface area is 309 Å². The maximum absolute atomic E-state index is 15.9. The number of hydrogen-bond acceptors (Lipinski definition) is 8. The molecule has 3 aromatic carbocycles. The maximum Gasteiger partial charge on any atom is 0.320 e. The molecule has 0 spiro atoms. The molecule has 9 nitrogen and oxygen atoms in total. The highest BCUT2D eigenvalue weighted by Crippen LogP contribution is 2.36. The Hall–Kier alpha value is -5.16. The quantitative estimate of drug-likeness (QED) is 0.117. The Morgan fingerprint density at radius 2 is 1.79 bits per heavy atom. The zero-order valence-electron chi connectivity index (χ0n) is 30.5. The number of aliphatic carboxylic acids is 1. The van der Waals surface area contributed by atoms with Gasteiger partial charge in [-0.2, -0.15) is 0 Å². The number of carboxylic acid groups (broad SMARTS) is 1. The number of pyridine rings is 2. The first kappa shape index (κ1) is 36.2.